The van der Waals surface area contributed by atoms with Gasteiger partial charge in [0, 0.05) is 18.2 Å². The molecule has 2 aromatic rings. The van der Waals surface area contributed by atoms with Crippen LogP contribution in [0.3, 0.4) is 0 Å². The number of carbonyl (C=O) groups excluding carboxylic acids is 1. The lowest BCUT2D eigenvalue weighted by molar-refractivity contribution is -0.284. The van der Waals surface area contributed by atoms with Gasteiger partial charge >= 0.3 is 0 Å². The fourth-order valence-electron chi connectivity index (χ4n) is 1.87. The van der Waals surface area contributed by atoms with Gasteiger partial charge in [-0.1, -0.05) is 23.2 Å². The molecule has 1 amide bonds. The molecule has 1 N–H and O–H groups in total. The molecular weight excluding hydrogens is 403 g/mol. The Hall–Kier alpha value is -2.00. The van der Waals surface area contributed by atoms with E-state index in [0.717, 1.165) is 0 Å². The number of carbonyl (C=O) groups is 1. The normalized spacial score (nSPS) is 10.4. The van der Waals surface area contributed by atoms with Gasteiger partial charge in [-0.15, -0.1) is 0 Å². The minimum atomic E-state index is -0.596. The van der Waals surface area contributed by atoms with Gasteiger partial charge in [0.05, 0.1) is 15.7 Å². The van der Waals surface area contributed by atoms with E-state index in [4.69, 9.17) is 32.7 Å². The van der Waals surface area contributed by atoms with Crippen molar-refractivity contribution < 1.29 is 18.6 Å². The Bertz CT molecular complexity index is 819. The Labute approximate surface area is 163 Å². The van der Waals surface area contributed by atoms with E-state index in [-0.39, 0.29) is 27.3 Å². The number of hydrogen-bond acceptors (Lipinski definition) is 6. The number of rotatable bonds is 8. The van der Waals surface area contributed by atoms with Crippen molar-refractivity contribution in [3.8, 4) is 5.75 Å². The lowest BCUT2D eigenvalue weighted by atomic mass is 10.2. The summed E-state index contributed by atoms with van der Waals surface area (Å²) in [7, 11) is 0. The number of nitro groups is 1. The lowest BCUT2D eigenvalue weighted by Crippen LogP contribution is -2.12. The van der Waals surface area contributed by atoms with E-state index in [9.17, 15) is 14.9 Å². The summed E-state index contributed by atoms with van der Waals surface area (Å²) in [6, 6.07) is 9.01. The third-order valence-corrected chi connectivity index (χ3v) is 4.51. The van der Waals surface area contributed by atoms with Gasteiger partial charge in [-0.05, 0) is 37.3 Å². The molecule has 0 spiro atoms. The summed E-state index contributed by atoms with van der Waals surface area (Å²) >= 11 is 12.4. The third kappa shape index (κ3) is 5.77. The molecule has 0 aliphatic rings. The molecule has 138 valence electrons. The molecule has 26 heavy (non-hydrogen) atoms. The van der Waals surface area contributed by atoms with Crippen LogP contribution in [-0.2, 0) is 4.74 Å². The maximum Gasteiger partial charge on any atom is 0.267 e. The zero-order chi connectivity index (χ0) is 19.1. The summed E-state index contributed by atoms with van der Waals surface area (Å²) in [4.78, 5) is 23.2. The average Bonchev–Trinajstić information content (AvgIpc) is 2.59. The van der Waals surface area contributed by atoms with Crippen LogP contribution in [0.5, 0.6) is 5.75 Å². The van der Waals surface area contributed by atoms with Crippen LogP contribution in [0, 0.1) is 10.1 Å². The second-order valence-electron chi connectivity index (χ2n) is 4.81. The first-order chi connectivity index (χ1) is 12.4. The van der Waals surface area contributed by atoms with Crippen LogP contribution in [0.15, 0.2) is 41.3 Å². The topological polar surface area (TPSA) is 90.7 Å². The van der Waals surface area contributed by atoms with Crippen molar-refractivity contribution in [1.82, 2.24) is 0 Å². The first-order valence-electron chi connectivity index (χ1n) is 7.34. The standard InChI is InChI=1S/C16H14Cl2N2O5S/c1-2-24-9-25-11-4-6-14(13(18)8-11)19-16(21)10-3-5-12(17)15(7-10)26-20(22)23/h3-8H,2,9H2,1H3,(H,19,21). The van der Waals surface area contributed by atoms with Gasteiger partial charge < -0.3 is 14.8 Å². The predicted molar refractivity (Wildman–Crippen MR) is 101 cm³/mol. The highest BCUT2D eigenvalue weighted by atomic mass is 35.5. The fourth-order valence-corrected chi connectivity index (χ4v) is 2.80. The number of hydrogen-bond donors (Lipinski definition) is 1. The predicted octanol–water partition coefficient (Wildman–Crippen LogP) is 4.90. The fraction of sp³-hybridized carbons (Fsp3) is 0.188. The Morgan fingerprint density at radius 1 is 1.23 bits per heavy atom. The molecule has 0 radical (unpaired) electrons. The van der Waals surface area contributed by atoms with Crippen molar-refractivity contribution in [3.05, 3.63) is 62.1 Å². The number of nitrogens with one attached hydrogen (secondary N) is 1. The van der Waals surface area contributed by atoms with Gasteiger partial charge in [0.2, 0.25) is 0 Å². The van der Waals surface area contributed by atoms with Gasteiger partial charge in [-0.2, -0.15) is 0 Å². The molecule has 10 heteroatoms. The highest BCUT2D eigenvalue weighted by molar-refractivity contribution is 7.93. The highest BCUT2D eigenvalue weighted by Crippen LogP contribution is 2.30. The summed E-state index contributed by atoms with van der Waals surface area (Å²) in [5.41, 5.74) is 0.588. The van der Waals surface area contributed by atoms with Crippen molar-refractivity contribution in [3.63, 3.8) is 0 Å². The molecule has 7 nitrogen and oxygen atoms in total. The zero-order valence-corrected chi connectivity index (χ0v) is 15.9. The molecule has 2 rings (SSSR count). The smallest absolute Gasteiger partial charge is 0.267 e. The molecule has 0 heterocycles. The molecule has 0 fully saturated rings. The summed E-state index contributed by atoms with van der Waals surface area (Å²) < 4.78 is 9.82. The Balaban J connectivity index is 2.11. The summed E-state index contributed by atoms with van der Waals surface area (Å²) in [6.45, 7) is 2.47. The molecule has 0 bridgehead atoms. The Morgan fingerprint density at radius 2 is 2.00 bits per heavy atom. The van der Waals surface area contributed by atoms with Crippen molar-refractivity contribution in [2.45, 2.75) is 11.8 Å². The molecule has 2 aromatic carbocycles. The van der Waals surface area contributed by atoms with Crippen LogP contribution in [-0.4, -0.2) is 23.6 Å². The minimum absolute atomic E-state index is 0.0974. The summed E-state index contributed by atoms with van der Waals surface area (Å²) in [5, 5.41) is 13.7. The average molecular weight is 417 g/mol. The molecule has 0 saturated carbocycles. The van der Waals surface area contributed by atoms with E-state index in [1.165, 1.54) is 18.2 Å². The summed E-state index contributed by atoms with van der Waals surface area (Å²) in [5.74, 6) is 0.0226. The maximum atomic E-state index is 12.4. The SMILES string of the molecule is CCOCOc1ccc(NC(=O)c2ccc(Cl)c(S[N+](=O)[O-])c2)c(Cl)c1. The van der Waals surface area contributed by atoms with Crippen molar-refractivity contribution >= 4 is 46.7 Å². The van der Waals surface area contributed by atoms with Crippen molar-refractivity contribution in [1.29, 1.82) is 0 Å². The maximum absolute atomic E-state index is 12.4. The number of benzene rings is 2. The number of nitrogens with zero attached hydrogens (tertiary/aromatic N) is 1. The van der Waals surface area contributed by atoms with E-state index in [1.54, 1.807) is 18.2 Å². The van der Waals surface area contributed by atoms with Gasteiger partial charge in [0.25, 0.3) is 17.9 Å². The van der Waals surface area contributed by atoms with E-state index >= 15 is 0 Å². The Kier molecular flexibility index (Phi) is 7.52. The van der Waals surface area contributed by atoms with E-state index in [0.29, 0.717) is 30.0 Å². The van der Waals surface area contributed by atoms with Crippen molar-refractivity contribution in [2.75, 3.05) is 18.7 Å². The first kappa shape index (κ1) is 20.3. The lowest BCUT2D eigenvalue weighted by Gasteiger charge is -2.10. The molecule has 0 aromatic heterocycles. The number of anilines is 1. The van der Waals surface area contributed by atoms with E-state index in [1.807, 2.05) is 6.92 Å². The summed E-state index contributed by atoms with van der Waals surface area (Å²) in [6.07, 6.45) is 0. The molecular formula is C16H14Cl2N2O5S. The minimum Gasteiger partial charge on any atom is -0.468 e. The number of halogens is 2. The van der Waals surface area contributed by atoms with Crippen LogP contribution in [0.25, 0.3) is 0 Å². The van der Waals surface area contributed by atoms with Crippen LogP contribution < -0.4 is 10.1 Å². The number of amides is 1. The molecule has 0 atom stereocenters. The molecule has 0 unspecified atom stereocenters. The van der Waals surface area contributed by atoms with Gasteiger partial charge in [-0.3, -0.25) is 14.9 Å². The quantitative estimate of drug-likeness (QED) is 0.216. The van der Waals surface area contributed by atoms with Crippen LogP contribution >= 0.6 is 35.1 Å². The van der Waals surface area contributed by atoms with Crippen LogP contribution in [0.1, 0.15) is 17.3 Å². The molecule has 0 aliphatic heterocycles. The first-order valence-corrected chi connectivity index (χ1v) is 8.87. The monoisotopic (exact) mass is 416 g/mol. The second-order valence-corrected chi connectivity index (χ2v) is 6.55. The zero-order valence-electron chi connectivity index (χ0n) is 13.5. The highest BCUT2D eigenvalue weighted by Gasteiger charge is 2.15. The van der Waals surface area contributed by atoms with Crippen molar-refractivity contribution in [2.24, 2.45) is 0 Å². The van der Waals surface area contributed by atoms with Gasteiger partial charge in [0.15, 0.2) is 6.79 Å². The number of ether oxygens (including phenoxy) is 2. The van der Waals surface area contributed by atoms with Gasteiger partial charge in [-0.25, -0.2) is 0 Å². The second kappa shape index (κ2) is 9.63. The van der Waals surface area contributed by atoms with E-state index < -0.39 is 10.2 Å². The van der Waals surface area contributed by atoms with E-state index in [2.05, 4.69) is 5.32 Å². The van der Waals surface area contributed by atoms with Gasteiger partial charge in [0.1, 0.15) is 15.0 Å². The van der Waals surface area contributed by atoms with Crippen LogP contribution in [0.4, 0.5) is 5.69 Å². The molecule has 0 saturated heterocycles. The Morgan fingerprint density at radius 3 is 2.65 bits per heavy atom. The largest absolute Gasteiger partial charge is 0.468 e. The molecule has 0 aliphatic carbocycles. The third-order valence-electron chi connectivity index (χ3n) is 3.07. The van der Waals surface area contributed by atoms with Crippen LogP contribution in [0.2, 0.25) is 10.0 Å².